The number of nitrogens with two attached hydrogens (primary N) is 1. The van der Waals surface area contributed by atoms with Crippen LogP contribution in [0, 0.1) is 13.8 Å². The van der Waals surface area contributed by atoms with Crippen LogP contribution in [-0.2, 0) is 16.6 Å². The van der Waals surface area contributed by atoms with E-state index >= 15 is 0 Å². The van der Waals surface area contributed by atoms with Gasteiger partial charge >= 0.3 is 0 Å². The van der Waals surface area contributed by atoms with Crippen LogP contribution in [0.3, 0.4) is 0 Å². The number of aryl methyl sites for hydroxylation is 2. The molecular formula is C13H16ClN3O2S2. The molecule has 0 aliphatic rings. The molecule has 0 spiro atoms. The van der Waals surface area contributed by atoms with Crippen LogP contribution in [0.15, 0.2) is 22.4 Å². The van der Waals surface area contributed by atoms with Gasteiger partial charge in [-0.2, -0.15) is 4.31 Å². The number of thiazole rings is 1. The maximum Gasteiger partial charge on any atom is 0.244 e. The summed E-state index contributed by atoms with van der Waals surface area (Å²) in [5.41, 5.74) is 7.64. The van der Waals surface area contributed by atoms with E-state index in [4.69, 9.17) is 17.3 Å². The number of nitrogen functional groups attached to an aromatic ring is 1. The molecule has 0 unspecified atom stereocenters. The molecular weight excluding hydrogens is 330 g/mol. The number of benzene rings is 1. The van der Waals surface area contributed by atoms with E-state index in [1.807, 2.05) is 12.3 Å². The number of anilines is 1. The standard InChI is InChI=1S/C13H16ClN3O2S2/c1-8-4-11(14)13(5-12(8)15)21(18,19)17(3)6-10-7-20-9(2)16-10/h4-5,7H,6,15H2,1-3H3. The summed E-state index contributed by atoms with van der Waals surface area (Å²) in [6.07, 6.45) is 0. The highest BCUT2D eigenvalue weighted by atomic mass is 35.5. The van der Waals surface area contributed by atoms with E-state index in [0.29, 0.717) is 11.4 Å². The van der Waals surface area contributed by atoms with E-state index in [0.717, 1.165) is 10.6 Å². The molecule has 0 radical (unpaired) electrons. The lowest BCUT2D eigenvalue weighted by atomic mass is 10.2. The molecule has 2 rings (SSSR count). The zero-order valence-corrected chi connectivity index (χ0v) is 14.3. The number of hydrogen-bond donors (Lipinski definition) is 1. The molecule has 8 heteroatoms. The first-order chi connectivity index (χ1) is 9.71. The molecule has 21 heavy (non-hydrogen) atoms. The average molecular weight is 346 g/mol. The van der Waals surface area contributed by atoms with Gasteiger partial charge in [0.05, 0.1) is 22.3 Å². The molecule has 2 N–H and O–H groups in total. The normalized spacial score (nSPS) is 12.0. The summed E-state index contributed by atoms with van der Waals surface area (Å²) in [5, 5.41) is 2.91. The molecule has 0 aliphatic heterocycles. The predicted molar refractivity (Wildman–Crippen MR) is 86.1 cm³/mol. The summed E-state index contributed by atoms with van der Waals surface area (Å²) in [6.45, 7) is 3.84. The second-order valence-electron chi connectivity index (χ2n) is 4.76. The number of halogens is 1. The van der Waals surface area contributed by atoms with Gasteiger partial charge in [-0.05, 0) is 31.5 Å². The van der Waals surface area contributed by atoms with Crippen LogP contribution in [0.4, 0.5) is 5.69 Å². The van der Waals surface area contributed by atoms with Crippen LogP contribution in [0.1, 0.15) is 16.3 Å². The molecule has 0 amide bonds. The zero-order chi connectivity index (χ0) is 15.8. The second-order valence-corrected chi connectivity index (χ2v) is 8.24. The molecule has 1 heterocycles. The van der Waals surface area contributed by atoms with E-state index in [1.54, 1.807) is 13.0 Å². The van der Waals surface area contributed by atoms with Crippen LogP contribution in [0.2, 0.25) is 5.02 Å². The van der Waals surface area contributed by atoms with Crippen LogP contribution >= 0.6 is 22.9 Å². The Bertz CT molecular complexity index is 772. The maximum absolute atomic E-state index is 12.6. The van der Waals surface area contributed by atoms with Gasteiger partial charge in [0.2, 0.25) is 10.0 Å². The minimum absolute atomic E-state index is 0.0155. The topological polar surface area (TPSA) is 76.3 Å². The van der Waals surface area contributed by atoms with E-state index < -0.39 is 10.0 Å². The van der Waals surface area contributed by atoms with Crippen molar-refractivity contribution in [3.63, 3.8) is 0 Å². The van der Waals surface area contributed by atoms with Gasteiger partial charge in [-0.15, -0.1) is 11.3 Å². The Morgan fingerprint density at radius 2 is 2.05 bits per heavy atom. The zero-order valence-electron chi connectivity index (χ0n) is 11.9. The Morgan fingerprint density at radius 1 is 1.38 bits per heavy atom. The fourth-order valence-electron chi connectivity index (χ4n) is 1.83. The molecule has 5 nitrogen and oxygen atoms in total. The number of nitrogens with zero attached hydrogens (tertiary/aromatic N) is 2. The molecule has 0 fully saturated rings. The smallest absolute Gasteiger partial charge is 0.244 e. The molecule has 1 aromatic carbocycles. The van der Waals surface area contributed by atoms with Crippen molar-refractivity contribution in [2.24, 2.45) is 0 Å². The molecule has 0 aliphatic carbocycles. The van der Waals surface area contributed by atoms with Crippen molar-refractivity contribution < 1.29 is 8.42 Å². The van der Waals surface area contributed by atoms with E-state index in [9.17, 15) is 8.42 Å². The summed E-state index contributed by atoms with van der Waals surface area (Å²) in [6, 6.07) is 2.96. The minimum Gasteiger partial charge on any atom is -0.398 e. The van der Waals surface area contributed by atoms with Gasteiger partial charge in [-0.1, -0.05) is 11.6 Å². The van der Waals surface area contributed by atoms with Gasteiger partial charge in [-0.25, -0.2) is 13.4 Å². The van der Waals surface area contributed by atoms with Crippen LogP contribution < -0.4 is 5.73 Å². The maximum atomic E-state index is 12.6. The number of aromatic nitrogens is 1. The number of rotatable bonds is 4. The fourth-order valence-corrected chi connectivity index (χ4v) is 4.16. The van der Waals surface area contributed by atoms with Crippen molar-refractivity contribution in [2.75, 3.05) is 12.8 Å². The molecule has 0 saturated heterocycles. The molecule has 0 bridgehead atoms. The average Bonchev–Trinajstić information content (AvgIpc) is 2.79. The summed E-state index contributed by atoms with van der Waals surface area (Å²) < 4.78 is 26.4. The van der Waals surface area contributed by atoms with Gasteiger partial charge < -0.3 is 5.73 Å². The Labute approximate surface area is 133 Å². The van der Waals surface area contributed by atoms with Crippen molar-refractivity contribution in [3.05, 3.63) is 38.8 Å². The first-order valence-electron chi connectivity index (χ1n) is 6.15. The van der Waals surface area contributed by atoms with Gasteiger partial charge in [0.1, 0.15) is 4.90 Å². The molecule has 114 valence electrons. The van der Waals surface area contributed by atoms with Crippen molar-refractivity contribution in [3.8, 4) is 0 Å². The monoisotopic (exact) mass is 345 g/mol. The summed E-state index contributed by atoms with van der Waals surface area (Å²) >= 11 is 7.54. The third-order valence-corrected chi connectivity index (χ3v) is 6.15. The van der Waals surface area contributed by atoms with Crippen LogP contribution in [0.25, 0.3) is 0 Å². The number of sulfonamides is 1. The van der Waals surface area contributed by atoms with Gasteiger partial charge in [-0.3, -0.25) is 0 Å². The molecule has 2 aromatic rings. The van der Waals surface area contributed by atoms with Crippen molar-refractivity contribution >= 4 is 38.6 Å². The van der Waals surface area contributed by atoms with Crippen molar-refractivity contribution in [2.45, 2.75) is 25.3 Å². The summed E-state index contributed by atoms with van der Waals surface area (Å²) in [4.78, 5) is 4.28. The van der Waals surface area contributed by atoms with Crippen LogP contribution in [0.5, 0.6) is 0 Å². The first-order valence-corrected chi connectivity index (χ1v) is 8.84. The largest absolute Gasteiger partial charge is 0.398 e. The third kappa shape index (κ3) is 3.37. The van der Waals surface area contributed by atoms with Crippen LogP contribution in [-0.4, -0.2) is 24.8 Å². The SMILES string of the molecule is Cc1nc(CN(C)S(=O)(=O)c2cc(N)c(C)cc2Cl)cs1. The van der Waals surface area contributed by atoms with Gasteiger partial charge in [0.25, 0.3) is 0 Å². The first kappa shape index (κ1) is 16.2. The van der Waals surface area contributed by atoms with Crippen molar-refractivity contribution in [1.29, 1.82) is 0 Å². The summed E-state index contributed by atoms with van der Waals surface area (Å²) in [7, 11) is -2.22. The Kier molecular flexibility index (Phi) is 4.57. The lowest BCUT2D eigenvalue weighted by Gasteiger charge is -2.18. The Hall–Kier alpha value is -1.15. The van der Waals surface area contributed by atoms with E-state index in [2.05, 4.69) is 4.98 Å². The Morgan fingerprint density at radius 3 is 2.62 bits per heavy atom. The highest BCUT2D eigenvalue weighted by Gasteiger charge is 2.25. The minimum atomic E-state index is -3.71. The predicted octanol–water partition coefficient (Wildman–Crippen LogP) is 2.82. The Balaban J connectivity index is 2.35. The van der Waals surface area contributed by atoms with Gasteiger partial charge in [0.15, 0.2) is 0 Å². The summed E-state index contributed by atoms with van der Waals surface area (Å²) in [5.74, 6) is 0. The molecule has 0 saturated carbocycles. The highest BCUT2D eigenvalue weighted by molar-refractivity contribution is 7.89. The fraction of sp³-hybridized carbons (Fsp3) is 0.308. The van der Waals surface area contributed by atoms with E-state index in [-0.39, 0.29) is 16.5 Å². The lowest BCUT2D eigenvalue weighted by molar-refractivity contribution is 0.463. The molecule has 1 aromatic heterocycles. The number of hydrogen-bond acceptors (Lipinski definition) is 5. The van der Waals surface area contributed by atoms with Crippen molar-refractivity contribution in [1.82, 2.24) is 9.29 Å². The van der Waals surface area contributed by atoms with Gasteiger partial charge in [0, 0.05) is 18.1 Å². The molecule has 0 atom stereocenters. The van der Waals surface area contributed by atoms with E-state index in [1.165, 1.54) is 28.8 Å². The lowest BCUT2D eigenvalue weighted by Crippen LogP contribution is -2.27. The second kappa shape index (κ2) is 5.92. The quantitative estimate of drug-likeness (QED) is 0.864. The third-order valence-electron chi connectivity index (χ3n) is 3.06. The highest BCUT2D eigenvalue weighted by Crippen LogP contribution is 2.29.